The topological polar surface area (TPSA) is 89.9 Å². The number of piperazine rings is 1. The number of nitrogens with one attached hydrogen (secondary N) is 2. The summed E-state index contributed by atoms with van der Waals surface area (Å²) < 4.78 is 26.3. The molecule has 1 saturated heterocycles. The molecule has 0 radical (unpaired) electrons. The Hall–Kier alpha value is -1.14. The molecule has 0 aromatic carbocycles. The number of nitrogens with zero attached hydrogens (tertiary/aromatic N) is 4. The summed E-state index contributed by atoms with van der Waals surface area (Å²) in [5.74, 6) is 1.53. The van der Waals surface area contributed by atoms with Crippen LogP contribution in [0, 0.1) is 0 Å². The molecule has 2 rings (SSSR count). The first-order valence-corrected chi connectivity index (χ1v) is 9.20. The number of halogens is 1. The van der Waals surface area contributed by atoms with Crippen LogP contribution in [0.5, 0.6) is 0 Å². The number of aliphatic imine (C=N–C) groups is 1. The molecule has 136 valence electrons. The van der Waals surface area contributed by atoms with Crippen molar-refractivity contribution in [1.82, 2.24) is 19.9 Å². The van der Waals surface area contributed by atoms with E-state index in [1.807, 2.05) is 18.2 Å². The number of aromatic nitrogens is 1. The van der Waals surface area contributed by atoms with E-state index in [-0.39, 0.29) is 29.7 Å². The number of hydrogen-bond donors (Lipinski definition) is 2. The molecule has 2 N–H and O–H groups in total. The summed E-state index contributed by atoms with van der Waals surface area (Å²) in [6.07, 6.45) is 1.75. The molecule has 0 unspecified atom stereocenters. The Morgan fingerprint density at radius 3 is 2.54 bits per heavy atom. The van der Waals surface area contributed by atoms with Gasteiger partial charge in [0.2, 0.25) is 10.0 Å². The molecule has 0 saturated carbocycles. The molecule has 0 aliphatic carbocycles. The van der Waals surface area contributed by atoms with Crippen LogP contribution in [0.15, 0.2) is 29.4 Å². The monoisotopic (exact) mass is 468 g/mol. The lowest BCUT2D eigenvalue weighted by Crippen LogP contribution is -2.50. The van der Waals surface area contributed by atoms with Gasteiger partial charge in [0.15, 0.2) is 5.96 Å². The fourth-order valence-corrected chi connectivity index (χ4v) is 3.78. The SMILES string of the molecule is CN=C(NC)NCCS(=O)(=O)N1CCN(c2ccccn2)CC1.I. The summed E-state index contributed by atoms with van der Waals surface area (Å²) in [5.41, 5.74) is 0. The van der Waals surface area contributed by atoms with Gasteiger partial charge in [0.25, 0.3) is 0 Å². The summed E-state index contributed by atoms with van der Waals surface area (Å²) in [5, 5.41) is 5.82. The second kappa shape index (κ2) is 9.99. The van der Waals surface area contributed by atoms with Crippen LogP contribution >= 0.6 is 24.0 Å². The molecule has 0 bridgehead atoms. The van der Waals surface area contributed by atoms with Gasteiger partial charge in [-0.2, -0.15) is 4.31 Å². The molecule has 1 aliphatic heterocycles. The van der Waals surface area contributed by atoms with Crippen molar-refractivity contribution in [2.45, 2.75) is 0 Å². The van der Waals surface area contributed by atoms with Crippen LogP contribution in [0.2, 0.25) is 0 Å². The van der Waals surface area contributed by atoms with E-state index in [2.05, 4.69) is 25.5 Å². The van der Waals surface area contributed by atoms with Crippen LogP contribution in [0.1, 0.15) is 0 Å². The molecular weight excluding hydrogens is 443 g/mol. The standard InChI is InChI=1S/C14H24N6O2S.HI/c1-15-14(16-2)18-7-12-23(21,22)20-10-8-19(9-11-20)13-5-3-4-6-17-13;/h3-6H,7-12H2,1-2H3,(H2,15,16,18);1H. The predicted molar refractivity (Wildman–Crippen MR) is 108 cm³/mol. The quantitative estimate of drug-likeness (QED) is 0.358. The maximum Gasteiger partial charge on any atom is 0.215 e. The summed E-state index contributed by atoms with van der Waals surface area (Å²) in [4.78, 5) is 10.4. The highest BCUT2D eigenvalue weighted by atomic mass is 127. The fourth-order valence-electron chi connectivity index (χ4n) is 2.44. The summed E-state index contributed by atoms with van der Waals surface area (Å²) in [7, 11) is 0.120. The van der Waals surface area contributed by atoms with E-state index in [1.165, 1.54) is 0 Å². The van der Waals surface area contributed by atoms with Gasteiger partial charge in [0, 0.05) is 53.0 Å². The van der Waals surface area contributed by atoms with Gasteiger partial charge in [-0.25, -0.2) is 13.4 Å². The molecule has 8 nitrogen and oxygen atoms in total. The second-order valence-electron chi connectivity index (χ2n) is 5.14. The lowest BCUT2D eigenvalue weighted by Gasteiger charge is -2.34. The highest BCUT2D eigenvalue weighted by Gasteiger charge is 2.26. The van der Waals surface area contributed by atoms with E-state index in [4.69, 9.17) is 0 Å². The predicted octanol–water partition coefficient (Wildman–Crippen LogP) is -0.0538. The zero-order chi connectivity index (χ0) is 16.7. The van der Waals surface area contributed by atoms with E-state index < -0.39 is 10.0 Å². The van der Waals surface area contributed by atoms with Crippen molar-refractivity contribution >= 4 is 45.8 Å². The first-order valence-electron chi connectivity index (χ1n) is 7.59. The Kier molecular flexibility index (Phi) is 8.70. The first kappa shape index (κ1) is 20.9. The van der Waals surface area contributed by atoms with Gasteiger partial charge in [-0.3, -0.25) is 4.99 Å². The maximum absolute atomic E-state index is 12.4. The molecule has 10 heteroatoms. The largest absolute Gasteiger partial charge is 0.359 e. The molecule has 1 aromatic rings. The van der Waals surface area contributed by atoms with E-state index in [0.717, 1.165) is 5.82 Å². The van der Waals surface area contributed by atoms with Crippen LogP contribution in [-0.2, 0) is 10.0 Å². The van der Waals surface area contributed by atoms with Crippen molar-refractivity contribution in [3.8, 4) is 0 Å². The fraction of sp³-hybridized carbons (Fsp3) is 0.571. The molecule has 1 fully saturated rings. The summed E-state index contributed by atoms with van der Waals surface area (Å²) in [6, 6.07) is 5.75. The Balaban J connectivity index is 0.00000288. The molecule has 0 amide bonds. The number of sulfonamides is 1. The zero-order valence-electron chi connectivity index (χ0n) is 14.0. The van der Waals surface area contributed by atoms with E-state index in [1.54, 1.807) is 24.6 Å². The van der Waals surface area contributed by atoms with Crippen molar-refractivity contribution in [3.63, 3.8) is 0 Å². The van der Waals surface area contributed by atoms with Crippen molar-refractivity contribution in [2.75, 3.05) is 57.5 Å². The maximum atomic E-state index is 12.4. The normalized spacial score (nSPS) is 16.4. The minimum absolute atomic E-state index is 0. The summed E-state index contributed by atoms with van der Waals surface area (Å²) in [6.45, 7) is 2.61. The molecule has 0 spiro atoms. The highest BCUT2D eigenvalue weighted by Crippen LogP contribution is 2.14. The average molecular weight is 468 g/mol. The van der Waals surface area contributed by atoms with Gasteiger partial charge in [-0.05, 0) is 12.1 Å². The average Bonchev–Trinajstić information content (AvgIpc) is 2.59. The van der Waals surface area contributed by atoms with E-state index in [0.29, 0.717) is 38.7 Å². The Bertz CT molecular complexity index is 617. The number of guanidine groups is 1. The highest BCUT2D eigenvalue weighted by molar-refractivity contribution is 14.0. The Morgan fingerprint density at radius 2 is 2.00 bits per heavy atom. The third kappa shape index (κ3) is 5.74. The minimum Gasteiger partial charge on any atom is -0.359 e. The molecule has 2 heterocycles. The van der Waals surface area contributed by atoms with Crippen LogP contribution in [0.25, 0.3) is 0 Å². The van der Waals surface area contributed by atoms with Gasteiger partial charge in [0.05, 0.1) is 5.75 Å². The van der Waals surface area contributed by atoms with E-state index in [9.17, 15) is 8.42 Å². The number of pyridine rings is 1. The van der Waals surface area contributed by atoms with Gasteiger partial charge < -0.3 is 15.5 Å². The third-order valence-electron chi connectivity index (χ3n) is 3.72. The van der Waals surface area contributed by atoms with Gasteiger partial charge in [-0.1, -0.05) is 6.07 Å². The van der Waals surface area contributed by atoms with Crippen molar-refractivity contribution in [3.05, 3.63) is 24.4 Å². The number of hydrogen-bond acceptors (Lipinski definition) is 5. The zero-order valence-corrected chi connectivity index (χ0v) is 17.1. The van der Waals surface area contributed by atoms with Gasteiger partial charge in [0.1, 0.15) is 5.82 Å². The first-order chi connectivity index (χ1) is 11.1. The molecule has 1 aliphatic rings. The second-order valence-corrected chi connectivity index (χ2v) is 7.23. The van der Waals surface area contributed by atoms with Crippen LogP contribution in [0.4, 0.5) is 5.82 Å². The van der Waals surface area contributed by atoms with Crippen LogP contribution in [0.3, 0.4) is 0 Å². The Labute approximate surface area is 160 Å². The lowest BCUT2D eigenvalue weighted by molar-refractivity contribution is 0.384. The third-order valence-corrected chi connectivity index (χ3v) is 5.59. The Morgan fingerprint density at radius 1 is 1.29 bits per heavy atom. The van der Waals surface area contributed by atoms with Gasteiger partial charge in [-0.15, -0.1) is 24.0 Å². The molecular formula is C14H25IN6O2S. The van der Waals surface area contributed by atoms with Crippen LogP contribution < -0.4 is 15.5 Å². The van der Waals surface area contributed by atoms with Crippen LogP contribution in [-0.4, -0.2) is 76.2 Å². The van der Waals surface area contributed by atoms with E-state index >= 15 is 0 Å². The number of anilines is 1. The van der Waals surface area contributed by atoms with Crippen molar-refractivity contribution in [2.24, 2.45) is 4.99 Å². The van der Waals surface area contributed by atoms with Gasteiger partial charge >= 0.3 is 0 Å². The molecule has 24 heavy (non-hydrogen) atoms. The number of rotatable bonds is 5. The summed E-state index contributed by atoms with van der Waals surface area (Å²) >= 11 is 0. The molecule has 0 atom stereocenters. The lowest BCUT2D eigenvalue weighted by atomic mass is 10.3. The molecule has 1 aromatic heterocycles. The van der Waals surface area contributed by atoms with Crippen molar-refractivity contribution < 1.29 is 8.42 Å². The van der Waals surface area contributed by atoms with Crippen molar-refractivity contribution in [1.29, 1.82) is 0 Å². The minimum atomic E-state index is -3.26. The smallest absolute Gasteiger partial charge is 0.215 e.